The number of amides is 2. The predicted molar refractivity (Wildman–Crippen MR) is 117 cm³/mol. The third-order valence-electron chi connectivity index (χ3n) is 8.44. The van der Waals surface area contributed by atoms with Crippen LogP contribution in [0.3, 0.4) is 0 Å². The summed E-state index contributed by atoms with van der Waals surface area (Å²) in [6.45, 7) is 2.08. The molecule has 0 aromatic heterocycles. The highest BCUT2D eigenvalue weighted by molar-refractivity contribution is 5.97. The van der Waals surface area contributed by atoms with Crippen LogP contribution < -0.4 is 5.32 Å². The second-order valence-corrected chi connectivity index (χ2v) is 10.3. The number of aryl methyl sites for hydroxylation is 1. The minimum Gasteiger partial charge on any atom is -0.359 e. The first-order chi connectivity index (χ1) is 15.1. The van der Waals surface area contributed by atoms with Crippen molar-refractivity contribution in [3.63, 3.8) is 0 Å². The van der Waals surface area contributed by atoms with Gasteiger partial charge < -0.3 is 15.0 Å². The highest BCUT2D eigenvalue weighted by Gasteiger charge is 2.72. The number of nitrogens with zero attached hydrogens (tertiary/aromatic N) is 1. The lowest BCUT2D eigenvalue weighted by atomic mass is 9.72. The molecule has 5 aliphatic rings. The van der Waals surface area contributed by atoms with Crippen LogP contribution in [-0.4, -0.2) is 46.5 Å². The normalized spacial score (nSPS) is 37.2. The third-order valence-corrected chi connectivity index (χ3v) is 8.44. The van der Waals surface area contributed by atoms with Crippen LogP contribution in [0.2, 0.25) is 0 Å². The second kappa shape index (κ2) is 7.19. The number of carbonyl (C=O) groups excluding carboxylic acids is 2. The SMILES string of the molecule is Cc1ccc(C2C3C=CC4(O3)C2C(=O)N(C2CCCC2)C4C(=O)NC2CCCC2)cc1. The summed E-state index contributed by atoms with van der Waals surface area (Å²) >= 11 is 0. The van der Waals surface area contributed by atoms with Crippen LogP contribution >= 0.6 is 0 Å². The van der Waals surface area contributed by atoms with Crippen molar-refractivity contribution < 1.29 is 14.3 Å². The number of hydrogen-bond donors (Lipinski definition) is 1. The molecule has 1 spiro atoms. The molecule has 164 valence electrons. The predicted octanol–water partition coefficient (Wildman–Crippen LogP) is 3.61. The van der Waals surface area contributed by atoms with Gasteiger partial charge >= 0.3 is 0 Å². The van der Waals surface area contributed by atoms with Crippen LogP contribution in [0.4, 0.5) is 0 Å². The molecule has 5 heteroatoms. The molecule has 3 aliphatic heterocycles. The minimum atomic E-state index is -0.831. The Morgan fingerprint density at radius 2 is 1.74 bits per heavy atom. The molecule has 0 radical (unpaired) electrons. The summed E-state index contributed by atoms with van der Waals surface area (Å²) in [5.41, 5.74) is 1.52. The molecule has 2 bridgehead atoms. The van der Waals surface area contributed by atoms with Crippen molar-refractivity contribution in [2.24, 2.45) is 5.92 Å². The minimum absolute atomic E-state index is 0.00972. The van der Waals surface area contributed by atoms with Gasteiger partial charge in [-0.2, -0.15) is 0 Å². The maximum atomic E-state index is 14.0. The van der Waals surface area contributed by atoms with E-state index in [0.717, 1.165) is 44.1 Å². The lowest BCUT2D eigenvalue weighted by molar-refractivity contribution is -0.142. The number of nitrogens with one attached hydrogen (secondary N) is 1. The van der Waals surface area contributed by atoms with Crippen LogP contribution in [0.5, 0.6) is 0 Å². The highest BCUT2D eigenvalue weighted by atomic mass is 16.5. The van der Waals surface area contributed by atoms with Gasteiger partial charge in [-0.05, 0) is 38.2 Å². The average molecular weight is 421 g/mol. The van der Waals surface area contributed by atoms with E-state index in [1.165, 1.54) is 18.4 Å². The van der Waals surface area contributed by atoms with Gasteiger partial charge in [-0.15, -0.1) is 0 Å². The molecule has 1 aromatic rings. The first-order valence-corrected chi connectivity index (χ1v) is 12.1. The molecule has 2 amide bonds. The van der Waals surface area contributed by atoms with E-state index in [9.17, 15) is 9.59 Å². The summed E-state index contributed by atoms with van der Waals surface area (Å²) in [5, 5.41) is 3.30. The molecular formula is C26H32N2O3. The fourth-order valence-electron chi connectivity index (χ4n) is 7.00. The summed E-state index contributed by atoms with van der Waals surface area (Å²) in [4.78, 5) is 29.7. The molecule has 1 aromatic carbocycles. The summed E-state index contributed by atoms with van der Waals surface area (Å²) in [5.74, 6) is -0.225. The fraction of sp³-hybridized carbons (Fsp3) is 0.615. The molecule has 1 N–H and O–H groups in total. The van der Waals surface area contributed by atoms with Gasteiger partial charge in [-0.3, -0.25) is 9.59 Å². The van der Waals surface area contributed by atoms with E-state index in [0.29, 0.717) is 0 Å². The number of likely N-dealkylation sites (tertiary alicyclic amines) is 1. The van der Waals surface area contributed by atoms with Crippen LogP contribution in [-0.2, 0) is 14.3 Å². The largest absolute Gasteiger partial charge is 0.359 e. The Bertz CT molecular complexity index is 913. The number of carbonyl (C=O) groups is 2. The van der Waals surface area contributed by atoms with Gasteiger partial charge in [0.05, 0.1) is 12.0 Å². The van der Waals surface area contributed by atoms with Crippen LogP contribution in [0.1, 0.15) is 68.4 Å². The second-order valence-electron chi connectivity index (χ2n) is 10.3. The number of hydrogen-bond acceptors (Lipinski definition) is 3. The molecule has 5 atom stereocenters. The number of benzene rings is 1. The summed E-state index contributed by atoms with van der Waals surface area (Å²) < 4.78 is 6.61. The van der Waals surface area contributed by atoms with E-state index in [2.05, 4.69) is 48.7 Å². The average Bonchev–Trinajstić information content (AvgIpc) is 3.57. The first-order valence-electron chi connectivity index (χ1n) is 12.1. The van der Waals surface area contributed by atoms with E-state index < -0.39 is 11.6 Å². The maximum absolute atomic E-state index is 14.0. The molecule has 4 fully saturated rings. The molecule has 2 saturated carbocycles. The van der Waals surface area contributed by atoms with Crippen molar-refractivity contribution in [2.75, 3.05) is 0 Å². The first kappa shape index (κ1) is 19.5. The van der Waals surface area contributed by atoms with Crippen molar-refractivity contribution >= 4 is 11.8 Å². The highest BCUT2D eigenvalue weighted by Crippen LogP contribution is 2.59. The Balaban J connectivity index is 1.39. The van der Waals surface area contributed by atoms with Crippen molar-refractivity contribution in [1.82, 2.24) is 10.2 Å². The van der Waals surface area contributed by atoms with Crippen LogP contribution in [0.15, 0.2) is 36.4 Å². The molecule has 2 aliphatic carbocycles. The Labute approximate surface area is 184 Å². The van der Waals surface area contributed by atoms with Gasteiger partial charge in [0.15, 0.2) is 0 Å². The number of fused-ring (bicyclic) bond motifs is 1. The van der Waals surface area contributed by atoms with E-state index in [4.69, 9.17) is 4.74 Å². The van der Waals surface area contributed by atoms with Crippen molar-refractivity contribution in [1.29, 1.82) is 0 Å². The van der Waals surface area contributed by atoms with Crippen molar-refractivity contribution in [3.8, 4) is 0 Å². The van der Waals surface area contributed by atoms with E-state index in [-0.39, 0.29) is 41.8 Å². The smallest absolute Gasteiger partial charge is 0.246 e. The molecule has 5 nitrogen and oxygen atoms in total. The number of ether oxygens (including phenoxy) is 1. The van der Waals surface area contributed by atoms with Gasteiger partial charge in [-0.25, -0.2) is 0 Å². The topological polar surface area (TPSA) is 58.6 Å². The van der Waals surface area contributed by atoms with E-state index >= 15 is 0 Å². The Hall–Kier alpha value is -2.14. The molecule has 31 heavy (non-hydrogen) atoms. The van der Waals surface area contributed by atoms with Crippen LogP contribution in [0, 0.1) is 12.8 Å². The zero-order chi connectivity index (χ0) is 21.2. The standard InChI is InChI=1S/C26H32N2O3/c1-16-10-12-17(13-11-16)21-20-14-15-26(31-20)22(21)25(30)28(19-8-4-5-9-19)23(26)24(29)27-18-6-2-3-7-18/h10-15,18-23H,2-9H2,1H3,(H,27,29). The van der Waals surface area contributed by atoms with E-state index in [1.807, 2.05) is 4.90 Å². The summed E-state index contributed by atoms with van der Waals surface area (Å²) in [7, 11) is 0. The molecule has 6 rings (SSSR count). The lowest BCUT2D eigenvalue weighted by Crippen LogP contribution is -2.57. The van der Waals surface area contributed by atoms with Gasteiger partial charge in [-0.1, -0.05) is 67.7 Å². The molecular weight excluding hydrogens is 388 g/mol. The zero-order valence-corrected chi connectivity index (χ0v) is 18.3. The number of rotatable bonds is 4. The van der Waals surface area contributed by atoms with Crippen molar-refractivity contribution in [3.05, 3.63) is 47.5 Å². The Kier molecular flexibility index (Phi) is 4.53. The van der Waals surface area contributed by atoms with Crippen LogP contribution in [0.25, 0.3) is 0 Å². The fourth-order valence-corrected chi connectivity index (χ4v) is 7.00. The van der Waals surface area contributed by atoms with Gasteiger partial charge in [0.25, 0.3) is 0 Å². The Morgan fingerprint density at radius 1 is 1.06 bits per heavy atom. The summed E-state index contributed by atoms with van der Waals surface area (Å²) in [6, 6.07) is 8.31. The third kappa shape index (κ3) is 2.85. The lowest BCUT2D eigenvalue weighted by Gasteiger charge is -2.36. The zero-order valence-electron chi connectivity index (χ0n) is 18.3. The van der Waals surface area contributed by atoms with Crippen molar-refractivity contribution in [2.45, 2.75) is 94.0 Å². The van der Waals surface area contributed by atoms with Gasteiger partial charge in [0.2, 0.25) is 11.8 Å². The maximum Gasteiger partial charge on any atom is 0.246 e. The molecule has 2 saturated heterocycles. The molecule has 3 heterocycles. The Morgan fingerprint density at radius 3 is 2.45 bits per heavy atom. The monoisotopic (exact) mass is 420 g/mol. The quantitative estimate of drug-likeness (QED) is 0.757. The van der Waals surface area contributed by atoms with E-state index in [1.54, 1.807) is 0 Å². The summed E-state index contributed by atoms with van der Waals surface area (Å²) in [6.07, 6.45) is 12.7. The van der Waals surface area contributed by atoms with Gasteiger partial charge in [0, 0.05) is 18.0 Å². The molecule has 5 unspecified atom stereocenters. The van der Waals surface area contributed by atoms with Gasteiger partial charge in [0.1, 0.15) is 11.6 Å².